The molecule has 0 radical (unpaired) electrons. The summed E-state index contributed by atoms with van der Waals surface area (Å²) in [6.07, 6.45) is 0.962. The first kappa shape index (κ1) is 19.4. The summed E-state index contributed by atoms with van der Waals surface area (Å²) in [6, 6.07) is 22.8. The Balaban J connectivity index is 1.32. The van der Waals surface area contributed by atoms with Crippen molar-refractivity contribution in [1.29, 1.82) is 0 Å². The number of amides is 1. The van der Waals surface area contributed by atoms with E-state index in [-0.39, 0.29) is 11.7 Å². The molecule has 5 rings (SSSR count). The molecule has 1 unspecified atom stereocenters. The first-order valence-electron chi connectivity index (χ1n) is 10.4. The van der Waals surface area contributed by atoms with Crippen LogP contribution in [0.4, 0.5) is 0 Å². The standard InChI is InChI=1S/C26H23NO4/c1-30-21-6-4-5-20(15-21)18-9-11-19(12-10-18)25(29)27-14-13-26(17-27)16-23(28)22-7-2-3-8-24(22)31-26/h2-12,15H,13-14,16-17H2,1H3. The third-order valence-corrected chi connectivity index (χ3v) is 6.14. The molecule has 2 aliphatic rings. The SMILES string of the molecule is COc1cccc(-c2ccc(C(=O)N3CCC4(CC(=O)c5ccccc5O4)C3)cc2)c1. The smallest absolute Gasteiger partial charge is 0.253 e. The van der Waals surface area contributed by atoms with Crippen LogP contribution >= 0.6 is 0 Å². The number of rotatable bonds is 3. The number of benzene rings is 3. The van der Waals surface area contributed by atoms with E-state index in [0.29, 0.717) is 42.8 Å². The Hall–Kier alpha value is -3.60. The first-order chi connectivity index (χ1) is 15.1. The second kappa shape index (κ2) is 7.58. The molecule has 5 nitrogen and oxygen atoms in total. The highest BCUT2D eigenvalue weighted by atomic mass is 16.5. The van der Waals surface area contributed by atoms with Crippen molar-refractivity contribution in [2.24, 2.45) is 0 Å². The van der Waals surface area contributed by atoms with Gasteiger partial charge in [0.15, 0.2) is 5.78 Å². The van der Waals surface area contributed by atoms with E-state index in [2.05, 4.69) is 0 Å². The fourth-order valence-corrected chi connectivity index (χ4v) is 4.48. The van der Waals surface area contributed by atoms with Crippen LogP contribution in [0.5, 0.6) is 11.5 Å². The Kier molecular flexibility index (Phi) is 4.74. The van der Waals surface area contributed by atoms with Crippen LogP contribution in [0.3, 0.4) is 0 Å². The molecule has 5 heteroatoms. The molecular formula is C26H23NO4. The highest BCUT2D eigenvalue weighted by Gasteiger charge is 2.47. The van der Waals surface area contributed by atoms with Gasteiger partial charge in [0.25, 0.3) is 5.91 Å². The Labute approximate surface area is 181 Å². The van der Waals surface area contributed by atoms with E-state index in [4.69, 9.17) is 9.47 Å². The third-order valence-electron chi connectivity index (χ3n) is 6.14. The molecule has 2 heterocycles. The van der Waals surface area contributed by atoms with E-state index in [9.17, 15) is 9.59 Å². The van der Waals surface area contributed by atoms with Gasteiger partial charge in [0.05, 0.1) is 25.6 Å². The number of ketones is 1. The Morgan fingerprint density at radius 3 is 2.61 bits per heavy atom. The average Bonchev–Trinajstić information content (AvgIpc) is 3.21. The van der Waals surface area contributed by atoms with E-state index in [0.717, 1.165) is 16.9 Å². The van der Waals surface area contributed by atoms with Gasteiger partial charge < -0.3 is 14.4 Å². The number of para-hydroxylation sites is 1. The number of Topliss-reactive ketones (excluding diaryl/α,β-unsaturated/α-hetero) is 1. The van der Waals surface area contributed by atoms with E-state index in [1.165, 1.54) is 0 Å². The number of hydrogen-bond acceptors (Lipinski definition) is 4. The number of methoxy groups -OCH3 is 1. The summed E-state index contributed by atoms with van der Waals surface area (Å²) in [5.74, 6) is 1.46. The Bertz CT molecular complexity index is 1150. The molecule has 31 heavy (non-hydrogen) atoms. The molecule has 1 amide bonds. The van der Waals surface area contributed by atoms with Gasteiger partial charge in [-0.05, 0) is 47.5 Å². The summed E-state index contributed by atoms with van der Waals surface area (Å²) >= 11 is 0. The van der Waals surface area contributed by atoms with Crippen molar-refractivity contribution in [3.63, 3.8) is 0 Å². The lowest BCUT2D eigenvalue weighted by Crippen LogP contribution is -2.45. The van der Waals surface area contributed by atoms with Crippen molar-refractivity contribution < 1.29 is 19.1 Å². The predicted molar refractivity (Wildman–Crippen MR) is 118 cm³/mol. The van der Waals surface area contributed by atoms with Crippen molar-refractivity contribution in [3.8, 4) is 22.6 Å². The molecule has 1 spiro atoms. The molecule has 2 aliphatic heterocycles. The number of ether oxygens (including phenoxy) is 2. The molecule has 0 saturated carbocycles. The van der Waals surface area contributed by atoms with Gasteiger partial charge in [0.2, 0.25) is 0 Å². The molecule has 0 aliphatic carbocycles. The van der Waals surface area contributed by atoms with Crippen molar-refractivity contribution in [1.82, 2.24) is 4.90 Å². The second-order valence-corrected chi connectivity index (χ2v) is 8.17. The van der Waals surface area contributed by atoms with Crippen LogP contribution < -0.4 is 9.47 Å². The maximum Gasteiger partial charge on any atom is 0.253 e. The van der Waals surface area contributed by atoms with E-state index < -0.39 is 5.60 Å². The molecule has 1 atom stereocenters. The normalized spacial score (nSPS) is 19.8. The average molecular weight is 413 g/mol. The van der Waals surface area contributed by atoms with Gasteiger partial charge in [-0.2, -0.15) is 0 Å². The summed E-state index contributed by atoms with van der Waals surface area (Å²) in [4.78, 5) is 27.5. The summed E-state index contributed by atoms with van der Waals surface area (Å²) < 4.78 is 11.5. The van der Waals surface area contributed by atoms with Crippen LogP contribution in [0.25, 0.3) is 11.1 Å². The number of likely N-dealkylation sites (tertiary alicyclic amines) is 1. The van der Waals surface area contributed by atoms with Gasteiger partial charge >= 0.3 is 0 Å². The summed E-state index contributed by atoms with van der Waals surface area (Å²) in [6.45, 7) is 0.995. The minimum absolute atomic E-state index is 0.0380. The van der Waals surface area contributed by atoms with Crippen molar-refractivity contribution in [2.75, 3.05) is 20.2 Å². The molecule has 0 aromatic heterocycles. The van der Waals surface area contributed by atoms with Crippen LogP contribution in [0.1, 0.15) is 33.6 Å². The Morgan fingerprint density at radius 1 is 1.00 bits per heavy atom. The quantitative estimate of drug-likeness (QED) is 0.629. The second-order valence-electron chi connectivity index (χ2n) is 8.17. The number of hydrogen-bond donors (Lipinski definition) is 0. The van der Waals surface area contributed by atoms with Gasteiger partial charge in [-0.15, -0.1) is 0 Å². The first-order valence-corrected chi connectivity index (χ1v) is 10.4. The zero-order chi connectivity index (χ0) is 21.4. The zero-order valence-corrected chi connectivity index (χ0v) is 17.3. The lowest BCUT2D eigenvalue weighted by atomic mass is 9.89. The number of carbonyl (C=O) groups is 2. The van der Waals surface area contributed by atoms with Crippen LogP contribution in [0.15, 0.2) is 72.8 Å². The van der Waals surface area contributed by atoms with Crippen LogP contribution in [-0.2, 0) is 0 Å². The van der Waals surface area contributed by atoms with Gasteiger partial charge in [-0.3, -0.25) is 9.59 Å². The largest absolute Gasteiger partial charge is 0.497 e. The van der Waals surface area contributed by atoms with Crippen molar-refractivity contribution >= 4 is 11.7 Å². The number of carbonyl (C=O) groups excluding carboxylic acids is 2. The fraction of sp³-hybridized carbons (Fsp3) is 0.231. The summed E-state index contributed by atoms with van der Waals surface area (Å²) in [5, 5.41) is 0. The van der Waals surface area contributed by atoms with Crippen LogP contribution in [0, 0.1) is 0 Å². The minimum atomic E-state index is -0.623. The van der Waals surface area contributed by atoms with E-state index >= 15 is 0 Å². The fourth-order valence-electron chi connectivity index (χ4n) is 4.48. The summed E-state index contributed by atoms with van der Waals surface area (Å²) in [5.41, 5.74) is 2.69. The number of fused-ring (bicyclic) bond motifs is 1. The van der Waals surface area contributed by atoms with Gasteiger partial charge in [0.1, 0.15) is 17.1 Å². The topological polar surface area (TPSA) is 55.8 Å². The van der Waals surface area contributed by atoms with Crippen LogP contribution in [-0.4, -0.2) is 42.4 Å². The molecule has 3 aromatic rings. The summed E-state index contributed by atoms with van der Waals surface area (Å²) in [7, 11) is 1.64. The highest BCUT2D eigenvalue weighted by molar-refractivity contribution is 6.00. The Morgan fingerprint density at radius 2 is 1.81 bits per heavy atom. The molecule has 156 valence electrons. The van der Waals surface area contributed by atoms with Gasteiger partial charge in [-0.25, -0.2) is 0 Å². The minimum Gasteiger partial charge on any atom is -0.497 e. The van der Waals surface area contributed by atoms with Gasteiger partial charge in [-0.1, -0.05) is 36.4 Å². The molecule has 0 bridgehead atoms. The monoisotopic (exact) mass is 413 g/mol. The molecular weight excluding hydrogens is 390 g/mol. The van der Waals surface area contributed by atoms with Gasteiger partial charge in [0, 0.05) is 18.5 Å². The molecule has 1 fully saturated rings. The van der Waals surface area contributed by atoms with Crippen molar-refractivity contribution in [2.45, 2.75) is 18.4 Å². The van der Waals surface area contributed by atoms with E-state index in [1.54, 1.807) is 18.1 Å². The predicted octanol–water partition coefficient (Wildman–Crippen LogP) is 4.61. The number of nitrogens with zero attached hydrogens (tertiary/aromatic N) is 1. The third kappa shape index (κ3) is 3.56. The zero-order valence-electron chi connectivity index (χ0n) is 17.3. The van der Waals surface area contributed by atoms with E-state index in [1.807, 2.05) is 66.7 Å². The lowest BCUT2D eigenvalue weighted by molar-refractivity contribution is 0.0428. The molecule has 1 saturated heterocycles. The highest BCUT2D eigenvalue weighted by Crippen LogP contribution is 2.39. The van der Waals surface area contributed by atoms with Crippen LogP contribution in [0.2, 0.25) is 0 Å². The maximum atomic E-state index is 13.1. The van der Waals surface area contributed by atoms with Crippen molar-refractivity contribution in [3.05, 3.63) is 83.9 Å². The molecule has 3 aromatic carbocycles. The lowest BCUT2D eigenvalue weighted by Gasteiger charge is -2.34. The maximum absolute atomic E-state index is 13.1. The molecule has 0 N–H and O–H groups in total.